The van der Waals surface area contributed by atoms with Crippen LogP contribution in [0.3, 0.4) is 0 Å². The van der Waals surface area contributed by atoms with E-state index in [0.29, 0.717) is 34.1 Å². The van der Waals surface area contributed by atoms with Gasteiger partial charge in [0.15, 0.2) is 0 Å². The number of aromatic nitrogens is 2. The highest BCUT2D eigenvalue weighted by atomic mass is 16.5. The molecule has 2 aliphatic heterocycles. The zero-order valence-electron chi connectivity index (χ0n) is 16.7. The van der Waals surface area contributed by atoms with E-state index in [0.717, 1.165) is 37.5 Å². The highest BCUT2D eigenvalue weighted by Crippen LogP contribution is 2.30. The normalized spacial score (nSPS) is 19.5. The molecule has 0 aliphatic carbocycles. The third kappa shape index (κ3) is 3.15. The first kappa shape index (κ1) is 18.1. The Balaban J connectivity index is 1.54. The second-order valence-corrected chi connectivity index (χ2v) is 7.81. The predicted molar refractivity (Wildman–Crippen MR) is 109 cm³/mol. The van der Waals surface area contributed by atoms with Crippen LogP contribution in [0.25, 0.3) is 22.4 Å². The number of methoxy groups -OCH3 is 1. The number of amides is 1. The molecule has 2 aromatic heterocycles. The lowest BCUT2D eigenvalue weighted by Crippen LogP contribution is -2.52. The second-order valence-electron chi connectivity index (χ2n) is 7.81. The van der Waals surface area contributed by atoms with Gasteiger partial charge in [0.25, 0.3) is 11.6 Å². The molecule has 0 N–H and O–H groups in total. The first-order chi connectivity index (χ1) is 14.1. The van der Waals surface area contributed by atoms with Gasteiger partial charge in [-0.05, 0) is 56.6 Å². The quantitative estimate of drug-likeness (QED) is 0.682. The third-order valence-electron chi connectivity index (χ3n) is 6.11. The van der Waals surface area contributed by atoms with Crippen molar-refractivity contribution >= 4 is 17.0 Å². The van der Waals surface area contributed by atoms with E-state index in [9.17, 15) is 4.79 Å². The highest BCUT2D eigenvalue weighted by molar-refractivity contribution is 6.07. The Morgan fingerprint density at radius 1 is 1.21 bits per heavy atom. The SMILES string of the molecule is COc1ccc(-c2cc(C(=O)N3CCN4CCC[C@H]4C3)c3c(C)noc3n2)cc1. The number of aryl methyl sites for hydroxylation is 1. The van der Waals surface area contributed by atoms with Crippen molar-refractivity contribution in [3.63, 3.8) is 0 Å². The van der Waals surface area contributed by atoms with Gasteiger partial charge in [-0.25, -0.2) is 4.98 Å². The molecule has 1 atom stereocenters. The highest BCUT2D eigenvalue weighted by Gasteiger charge is 2.34. The Hall–Kier alpha value is -2.93. The molecule has 0 radical (unpaired) electrons. The molecular weight excluding hydrogens is 368 g/mol. The van der Waals surface area contributed by atoms with E-state index in [1.807, 2.05) is 42.2 Å². The molecule has 5 rings (SSSR count). The summed E-state index contributed by atoms with van der Waals surface area (Å²) < 4.78 is 10.7. The molecule has 2 fully saturated rings. The summed E-state index contributed by atoms with van der Waals surface area (Å²) in [6.07, 6.45) is 2.39. The number of fused-ring (bicyclic) bond motifs is 2. The topological polar surface area (TPSA) is 71.7 Å². The molecule has 0 saturated carbocycles. The van der Waals surface area contributed by atoms with Gasteiger partial charge in [-0.3, -0.25) is 9.69 Å². The monoisotopic (exact) mass is 392 g/mol. The van der Waals surface area contributed by atoms with Crippen LogP contribution in [-0.4, -0.2) is 65.2 Å². The summed E-state index contributed by atoms with van der Waals surface area (Å²) >= 11 is 0. The van der Waals surface area contributed by atoms with Gasteiger partial charge >= 0.3 is 0 Å². The summed E-state index contributed by atoms with van der Waals surface area (Å²) in [4.78, 5) is 22.6. The van der Waals surface area contributed by atoms with Crippen LogP contribution in [0.4, 0.5) is 0 Å². The van der Waals surface area contributed by atoms with Gasteiger partial charge in [0.1, 0.15) is 5.75 Å². The van der Waals surface area contributed by atoms with Crippen LogP contribution in [0.15, 0.2) is 34.9 Å². The van der Waals surface area contributed by atoms with Crippen LogP contribution < -0.4 is 4.74 Å². The maximum absolute atomic E-state index is 13.5. The average molecular weight is 392 g/mol. The van der Waals surface area contributed by atoms with Crippen molar-refractivity contribution in [2.75, 3.05) is 33.3 Å². The van der Waals surface area contributed by atoms with Gasteiger partial charge in [0.2, 0.25) is 0 Å². The third-order valence-corrected chi connectivity index (χ3v) is 6.11. The van der Waals surface area contributed by atoms with E-state index in [2.05, 4.69) is 15.0 Å². The molecule has 150 valence electrons. The summed E-state index contributed by atoms with van der Waals surface area (Å²) in [7, 11) is 1.64. The van der Waals surface area contributed by atoms with Crippen molar-refractivity contribution in [1.29, 1.82) is 0 Å². The lowest BCUT2D eigenvalue weighted by Gasteiger charge is -2.37. The number of nitrogens with zero attached hydrogens (tertiary/aromatic N) is 4. The summed E-state index contributed by atoms with van der Waals surface area (Å²) in [6.45, 7) is 5.48. The van der Waals surface area contributed by atoms with E-state index < -0.39 is 0 Å². The number of rotatable bonds is 3. The number of hydrogen-bond acceptors (Lipinski definition) is 6. The Kier molecular flexibility index (Phi) is 4.47. The molecule has 0 unspecified atom stereocenters. The number of piperazine rings is 1. The fourth-order valence-electron chi connectivity index (χ4n) is 4.52. The van der Waals surface area contributed by atoms with Crippen molar-refractivity contribution in [2.24, 2.45) is 0 Å². The average Bonchev–Trinajstić information content (AvgIpc) is 3.38. The van der Waals surface area contributed by atoms with Crippen LogP contribution >= 0.6 is 0 Å². The van der Waals surface area contributed by atoms with Gasteiger partial charge in [-0.2, -0.15) is 0 Å². The Morgan fingerprint density at radius 3 is 2.83 bits per heavy atom. The summed E-state index contributed by atoms with van der Waals surface area (Å²) in [6, 6.07) is 9.98. The Morgan fingerprint density at radius 2 is 2.03 bits per heavy atom. The largest absolute Gasteiger partial charge is 0.497 e. The maximum atomic E-state index is 13.5. The molecule has 2 saturated heterocycles. The van der Waals surface area contributed by atoms with Crippen LogP contribution in [0.5, 0.6) is 5.75 Å². The Labute approximate surface area is 169 Å². The smallest absolute Gasteiger partial charge is 0.259 e. The number of benzene rings is 1. The zero-order valence-corrected chi connectivity index (χ0v) is 16.7. The van der Waals surface area contributed by atoms with Crippen molar-refractivity contribution in [1.82, 2.24) is 19.9 Å². The van der Waals surface area contributed by atoms with Crippen LogP contribution in [0.1, 0.15) is 28.9 Å². The number of carbonyl (C=O) groups is 1. The summed E-state index contributed by atoms with van der Waals surface area (Å²) in [5, 5.41) is 4.77. The summed E-state index contributed by atoms with van der Waals surface area (Å²) in [5.74, 6) is 0.807. The van der Waals surface area contributed by atoms with Crippen LogP contribution in [-0.2, 0) is 0 Å². The first-order valence-corrected chi connectivity index (χ1v) is 10.1. The first-order valence-electron chi connectivity index (χ1n) is 10.1. The molecular formula is C22H24N4O3. The van der Waals surface area contributed by atoms with Gasteiger partial charge in [0, 0.05) is 31.2 Å². The fourth-order valence-corrected chi connectivity index (χ4v) is 4.52. The van der Waals surface area contributed by atoms with E-state index >= 15 is 0 Å². The fraction of sp³-hybridized carbons (Fsp3) is 0.409. The molecule has 1 amide bonds. The number of carbonyl (C=O) groups excluding carboxylic acids is 1. The molecule has 7 heteroatoms. The van der Waals surface area contributed by atoms with E-state index in [4.69, 9.17) is 9.26 Å². The number of pyridine rings is 1. The molecule has 3 aromatic rings. The molecule has 7 nitrogen and oxygen atoms in total. The molecule has 0 bridgehead atoms. The van der Waals surface area contributed by atoms with Gasteiger partial charge in [-0.15, -0.1) is 0 Å². The second kappa shape index (κ2) is 7.15. The maximum Gasteiger partial charge on any atom is 0.259 e. The van der Waals surface area contributed by atoms with Crippen LogP contribution in [0, 0.1) is 6.92 Å². The standard InChI is InChI=1S/C22H24N4O3/c1-14-20-18(22(27)26-11-10-25-9-3-4-16(25)13-26)12-19(23-21(20)29-24-14)15-5-7-17(28-2)8-6-15/h5-8,12,16H,3-4,9-11,13H2,1-2H3/t16-/m0/s1. The minimum atomic E-state index is 0.0324. The van der Waals surface area contributed by atoms with Crippen LogP contribution in [0.2, 0.25) is 0 Å². The van der Waals surface area contributed by atoms with E-state index in [-0.39, 0.29) is 5.91 Å². The molecule has 0 spiro atoms. The van der Waals surface area contributed by atoms with E-state index in [1.165, 1.54) is 12.8 Å². The van der Waals surface area contributed by atoms with E-state index in [1.54, 1.807) is 7.11 Å². The van der Waals surface area contributed by atoms with Crippen molar-refractivity contribution in [3.05, 3.63) is 41.6 Å². The zero-order chi connectivity index (χ0) is 20.0. The van der Waals surface area contributed by atoms with Crippen molar-refractivity contribution in [2.45, 2.75) is 25.8 Å². The lowest BCUT2D eigenvalue weighted by molar-refractivity contribution is 0.0573. The Bertz CT molecular complexity index is 1060. The minimum Gasteiger partial charge on any atom is -0.497 e. The molecule has 1 aromatic carbocycles. The van der Waals surface area contributed by atoms with Crippen molar-refractivity contribution < 1.29 is 14.1 Å². The molecule has 4 heterocycles. The van der Waals surface area contributed by atoms with Crippen molar-refractivity contribution in [3.8, 4) is 17.0 Å². The molecule has 2 aliphatic rings. The van der Waals surface area contributed by atoms with Gasteiger partial charge in [0.05, 0.1) is 29.4 Å². The van der Waals surface area contributed by atoms with Gasteiger partial charge in [-0.1, -0.05) is 5.16 Å². The number of ether oxygens (including phenoxy) is 1. The summed E-state index contributed by atoms with van der Waals surface area (Å²) in [5.41, 5.74) is 3.30. The lowest BCUT2D eigenvalue weighted by atomic mass is 10.0. The predicted octanol–water partition coefficient (Wildman–Crippen LogP) is 3.13. The van der Waals surface area contributed by atoms with Gasteiger partial charge < -0.3 is 14.2 Å². The minimum absolute atomic E-state index is 0.0324. The molecule has 29 heavy (non-hydrogen) atoms. The number of hydrogen-bond donors (Lipinski definition) is 0.